The molecular weight excluding hydrogens is 253 g/mol. The van der Waals surface area contributed by atoms with Crippen molar-refractivity contribution in [1.82, 2.24) is 0 Å². The van der Waals surface area contributed by atoms with Crippen LogP contribution in [0.15, 0.2) is 24.3 Å². The summed E-state index contributed by atoms with van der Waals surface area (Å²) >= 11 is 0. The summed E-state index contributed by atoms with van der Waals surface area (Å²) < 4.78 is 18.2. The highest BCUT2D eigenvalue weighted by Crippen LogP contribution is 2.41. The fourth-order valence-electron chi connectivity index (χ4n) is 2.69. The number of para-hydroxylation sites is 1. The molecule has 2 aliphatic rings. The molecule has 5 heteroatoms. The zero-order valence-electron chi connectivity index (χ0n) is 12.6. The number of nitrogens with two attached hydrogens (primary N) is 1. The molecule has 0 radical (unpaired) electrons. The third-order valence-corrected chi connectivity index (χ3v) is 4.66. The lowest BCUT2D eigenvalue weighted by molar-refractivity contribution is 0.00578. The molecule has 2 heterocycles. The number of ether oxygens (including phenoxy) is 1. The lowest BCUT2D eigenvalue weighted by atomic mass is 9.75. The van der Waals surface area contributed by atoms with Gasteiger partial charge in [-0.2, -0.15) is 0 Å². The van der Waals surface area contributed by atoms with E-state index >= 15 is 0 Å². The molecule has 108 valence electrons. The molecule has 0 saturated carbocycles. The first kappa shape index (κ1) is 13.9. The summed E-state index contributed by atoms with van der Waals surface area (Å²) in [5, 5.41) is 0. The van der Waals surface area contributed by atoms with E-state index in [0.29, 0.717) is 6.42 Å². The molecule has 0 aliphatic carbocycles. The van der Waals surface area contributed by atoms with Crippen LogP contribution in [0.2, 0.25) is 0 Å². The van der Waals surface area contributed by atoms with E-state index in [4.69, 9.17) is 19.8 Å². The fourth-order valence-corrected chi connectivity index (χ4v) is 2.69. The second kappa shape index (κ2) is 4.48. The Labute approximate surface area is 120 Å². The highest BCUT2D eigenvalue weighted by molar-refractivity contribution is 6.47. The van der Waals surface area contributed by atoms with Crippen molar-refractivity contribution in [1.29, 1.82) is 0 Å². The maximum absolute atomic E-state index is 6.25. The number of benzene rings is 1. The van der Waals surface area contributed by atoms with Gasteiger partial charge < -0.3 is 19.8 Å². The van der Waals surface area contributed by atoms with Crippen molar-refractivity contribution in [3.8, 4) is 5.75 Å². The van der Waals surface area contributed by atoms with Gasteiger partial charge in [0.25, 0.3) is 0 Å². The Balaban J connectivity index is 1.82. The number of fused-ring (bicyclic) bond motifs is 1. The molecule has 2 atom stereocenters. The average molecular weight is 275 g/mol. The number of rotatable bonds is 1. The van der Waals surface area contributed by atoms with Gasteiger partial charge in [-0.3, -0.25) is 0 Å². The molecule has 0 spiro atoms. The fraction of sp³-hybridized carbons (Fsp3) is 0.600. The van der Waals surface area contributed by atoms with Gasteiger partial charge in [0.15, 0.2) is 0 Å². The van der Waals surface area contributed by atoms with Crippen LogP contribution in [-0.2, 0) is 9.31 Å². The summed E-state index contributed by atoms with van der Waals surface area (Å²) in [4.78, 5) is 0. The van der Waals surface area contributed by atoms with Crippen LogP contribution in [0.1, 0.15) is 45.7 Å². The highest BCUT2D eigenvalue weighted by atomic mass is 16.7. The SMILES string of the molecule is CC1(C)OB(C2CC(N)c3ccccc3O2)OC1(C)C. The van der Waals surface area contributed by atoms with E-state index in [0.717, 1.165) is 11.3 Å². The van der Waals surface area contributed by atoms with Crippen LogP contribution in [0, 0.1) is 0 Å². The minimum absolute atomic E-state index is 0.0380. The van der Waals surface area contributed by atoms with Gasteiger partial charge in [-0.1, -0.05) is 18.2 Å². The molecule has 2 aliphatic heterocycles. The van der Waals surface area contributed by atoms with Crippen LogP contribution in [-0.4, -0.2) is 24.3 Å². The number of hydrogen-bond acceptors (Lipinski definition) is 4. The van der Waals surface area contributed by atoms with Crippen LogP contribution >= 0.6 is 0 Å². The van der Waals surface area contributed by atoms with Gasteiger partial charge in [0.05, 0.1) is 11.2 Å². The molecule has 1 fully saturated rings. The van der Waals surface area contributed by atoms with Crippen molar-refractivity contribution in [2.75, 3.05) is 0 Å². The van der Waals surface area contributed by atoms with Crippen LogP contribution in [0.25, 0.3) is 0 Å². The van der Waals surface area contributed by atoms with E-state index in [1.165, 1.54) is 0 Å². The van der Waals surface area contributed by atoms with Crippen molar-refractivity contribution in [2.24, 2.45) is 5.73 Å². The van der Waals surface area contributed by atoms with Gasteiger partial charge >= 0.3 is 7.12 Å². The molecule has 1 aromatic carbocycles. The summed E-state index contributed by atoms with van der Waals surface area (Å²) in [6.07, 6.45) is 0.702. The Kier molecular flexibility index (Phi) is 3.12. The van der Waals surface area contributed by atoms with E-state index in [1.54, 1.807) is 0 Å². The van der Waals surface area contributed by atoms with E-state index in [1.807, 2.05) is 52.0 Å². The predicted octanol–water partition coefficient (Wildman–Crippen LogP) is 2.47. The molecule has 1 aromatic rings. The maximum Gasteiger partial charge on any atom is 0.501 e. The highest BCUT2D eigenvalue weighted by Gasteiger charge is 2.55. The van der Waals surface area contributed by atoms with Crippen LogP contribution in [0.5, 0.6) is 5.75 Å². The van der Waals surface area contributed by atoms with E-state index in [-0.39, 0.29) is 30.4 Å². The Morgan fingerprint density at radius 1 is 1.10 bits per heavy atom. The topological polar surface area (TPSA) is 53.7 Å². The normalized spacial score (nSPS) is 30.8. The molecule has 0 aromatic heterocycles. The Hall–Kier alpha value is -1.04. The average Bonchev–Trinajstić information content (AvgIpc) is 2.58. The zero-order chi connectivity index (χ0) is 14.5. The first-order chi connectivity index (χ1) is 9.30. The molecule has 0 bridgehead atoms. The quantitative estimate of drug-likeness (QED) is 0.800. The van der Waals surface area contributed by atoms with Crippen LogP contribution in [0.4, 0.5) is 0 Å². The second-order valence-electron chi connectivity index (χ2n) is 6.66. The summed E-state index contributed by atoms with van der Waals surface area (Å²) in [5.41, 5.74) is 6.61. The maximum atomic E-state index is 6.25. The minimum atomic E-state index is -0.376. The van der Waals surface area contributed by atoms with Crippen molar-refractivity contribution in [3.63, 3.8) is 0 Å². The summed E-state index contributed by atoms with van der Waals surface area (Å²) in [6.45, 7) is 8.18. The smallest absolute Gasteiger partial charge is 0.492 e. The van der Waals surface area contributed by atoms with Gasteiger partial charge in [-0.05, 0) is 33.8 Å². The lowest BCUT2D eigenvalue weighted by Gasteiger charge is -2.32. The van der Waals surface area contributed by atoms with Crippen molar-refractivity contribution in [2.45, 2.75) is 57.4 Å². The summed E-state index contributed by atoms with van der Waals surface area (Å²) in [5.74, 6) is 0.839. The standard InChI is InChI=1S/C15H22BNO3/c1-14(2)15(3,4)20-16(19-14)13-9-11(17)10-7-5-6-8-12(10)18-13/h5-8,11,13H,9,17H2,1-4H3. The molecule has 1 saturated heterocycles. The van der Waals surface area contributed by atoms with Crippen molar-refractivity contribution < 1.29 is 14.0 Å². The molecule has 2 N–H and O–H groups in total. The zero-order valence-corrected chi connectivity index (χ0v) is 12.6. The van der Waals surface area contributed by atoms with E-state index in [9.17, 15) is 0 Å². The first-order valence-electron chi connectivity index (χ1n) is 7.17. The molecule has 2 unspecified atom stereocenters. The Morgan fingerprint density at radius 2 is 1.70 bits per heavy atom. The van der Waals surface area contributed by atoms with E-state index < -0.39 is 0 Å². The second-order valence-corrected chi connectivity index (χ2v) is 6.66. The third-order valence-electron chi connectivity index (χ3n) is 4.66. The molecule has 0 amide bonds. The monoisotopic (exact) mass is 275 g/mol. The van der Waals surface area contributed by atoms with Crippen LogP contribution in [0.3, 0.4) is 0 Å². The van der Waals surface area contributed by atoms with Crippen molar-refractivity contribution in [3.05, 3.63) is 29.8 Å². The Morgan fingerprint density at radius 3 is 2.35 bits per heavy atom. The van der Waals surface area contributed by atoms with Gasteiger partial charge in [-0.15, -0.1) is 0 Å². The van der Waals surface area contributed by atoms with Crippen molar-refractivity contribution >= 4 is 7.12 Å². The minimum Gasteiger partial charge on any atom is -0.492 e. The third kappa shape index (κ3) is 2.14. The summed E-state index contributed by atoms with van der Waals surface area (Å²) in [7, 11) is -0.376. The lowest BCUT2D eigenvalue weighted by Crippen LogP contribution is -2.43. The van der Waals surface area contributed by atoms with Crippen LogP contribution < -0.4 is 10.5 Å². The van der Waals surface area contributed by atoms with Gasteiger partial charge in [-0.25, -0.2) is 0 Å². The van der Waals surface area contributed by atoms with Gasteiger partial charge in [0.1, 0.15) is 11.8 Å². The molecule has 3 rings (SSSR count). The molecule has 4 nitrogen and oxygen atoms in total. The Bertz CT molecular complexity index is 502. The summed E-state index contributed by atoms with van der Waals surface area (Å²) in [6, 6.07) is 7.70. The largest absolute Gasteiger partial charge is 0.501 e. The molecule has 20 heavy (non-hydrogen) atoms. The van der Waals surface area contributed by atoms with E-state index in [2.05, 4.69) is 0 Å². The predicted molar refractivity (Wildman–Crippen MR) is 78.5 cm³/mol. The molecular formula is C15H22BNO3. The van der Waals surface area contributed by atoms with Gasteiger partial charge in [0, 0.05) is 18.0 Å². The first-order valence-corrected chi connectivity index (χ1v) is 7.17. The van der Waals surface area contributed by atoms with Gasteiger partial charge in [0.2, 0.25) is 0 Å². The number of hydrogen-bond donors (Lipinski definition) is 1.